The van der Waals surface area contributed by atoms with Crippen LogP contribution in [-0.4, -0.2) is 238 Å². The molecule has 0 radical (unpaired) electrons. The summed E-state index contributed by atoms with van der Waals surface area (Å²) in [6, 6.07) is 0. The third-order valence-corrected chi connectivity index (χ3v) is 10.1. The zero-order valence-electron chi connectivity index (χ0n) is 38.9. The van der Waals surface area contributed by atoms with Gasteiger partial charge in [0.25, 0.3) is 0 Å². The van der Waals surface area contributed by atoms with Gasteiger partial charge in [-0.15, -0.1) is 0 Å². The molecule has 4 heterocycles. The second-order valence-electron chi connectivity index (χ2n) is 15.8. The molecule has 400 valence electrons. The van der Waals surface area contributed by atoms with Crippen LogP contribution in [0.15, 0.2) is 0 Å². The van der Waals surface area contributed by atoms with E-state index in [1.54, 1.807) is 0 Å². The lowest BCUT2D eigenvalue weighted by Gasteiger charge is -2.48. The molecule has 30 nitrogen and oxygen atoms in total. The third kappa shape index (κ3) is 16.6. The van der Waals surface area contributed by atoms with E-state index < -0.39 is 197 Å². The molecule has 30 heteroatoms. The van der Waals surface area contributed by atoms with Crippen molar-refractivity contribution in [1.82, 2.24) is 0 Å². The first-order chi connectivity index (χ1) is 32.7. The molecule has 70 heavy (non-hydrogen) atoms. The number of esters is 8. The first-order valence-electron chi connectivity index (χ1n) is 21.2. The van der Waals surface area contributed by atoms with Crippen molar-refractivity contribution < 1.29 is 146 Å². The van der Waals surface area contributed by atoms with Gasteiger partial charge < -0.3 is 107 Å². The molecule has 0 aromatic rings. The molecule has 0 amide bonds. The summed E-state index contributed by atoms with van der Waals surface area (Å²) in [4.78, 5) is 96.2. The van der Waals surface area contributed by atoms with E-state index in [9.17, 15) is 69.0 Å². The maximum Gasteiger partial charge on any atom is 0.303 e. The molecule has 0 aromatic carbocycles. The molecule has 4 rings (SSSR count). The van der Waals surface area contributed by atoms with E-state index in [1.807, 2.05) is 0 Å². The highest BCUT2D eigenvalue weighted by Gasteiger charge is 2.58. The van der Waals surface area contributed by atoms with Crippen LogP contribution in [0.2, 0.25) is 0 Å². The van der Waals surface area contributed by atoms with Gasteiger partial charge in [-0.3, -0.25) is 38.4 Å². The van der Waals surface area contributed by atoms with Gasteiger partial charge in [0.1, 0.15) is 74.3 Å². The van der Waals surface area contributed by atoms with Gasteiger partial charge >= 0.3 is 47.8 Å². The summed E-state index contributed by atoms with van der Waals surface area (Å²) in [5.41, 5.74) is 0. The molecular formula is C40H60O30. The Kier molecular flexibility index (Phi) is 23.1. The van der Waals surface area contributed by atoms with Crippen LogP contribution < -0.4 is 0 Å². The molecule has 20 atom stereocenters. The number of ether oxygens (including phenoxy) is 14. The van der Waals surface area contributed by atoms with E-state index in [-0.39, 0.29) is 0 Å². The van der Waals surface area contributed by atoms with Crippen LogP contribution in [0.1, 0.15) is 55.4 Å². The van der Waals surface area contributed by atoms with Gasteiger partial charge in [0.2, 0.25) is 12.6 Å². The van der Waals surface area contributed by atoms with E-state index >= 15 is 0 Å². The van der Waals surface area contributed by atoms with Crippen LogP contribution in [0.4, 0.5) is 0 Å². The summed E-state index contributed by atoms with van der Waals surface area (Å²) >= 11 is 0. The standard InChI is InChI=1S/C28H38O19.C12H22O11/c1-11(29)37-9-19-21(39-13(3)31)23(41-15(5)33)25(43-17(7)35)27(45-19)47-28-26(44-18(8)36)24(42-16(6)34)22(40-14(4)32)20(46-28)10-38-12(2)30;13-1-3-5(15)7(17)9(19)11(21-3)23-12-10(20)8(18)6(16)4(2-14)22-12/h19-28H,9-10H2,1-8H3;3-20H,1-2H2/t19-,20-,21-,22-,23+,24+,25-,26-,27-,28-;3-,4-,5-,6-,7+,8+,9-,10-,11-,12-/m11/s1. The van der Waals surface area contributed by atoms with Crippen LogP contribution in [0.3, 0.4) is 0 Å². The minimum Gasteiger partial charge on any atom is -0.463 e. The number of hydrogen-bond donors (Lipinski definition) is 8. The van der Waals surface area contributed by atoms with Crippen molar-refractivity contribution in [3.63, 3.8) is 0 Å². The van der Waals surface area contributed by atoms with Crippen molar-refractivity contribution in [3.05, 3.63) is 0 Å². The number of aliphatic hydroxyl groups excluding tert-OH is 8. The Morgan fingerprint density at radius 3 is 0.857 bits per heavy atom. The Morgan fingerprint density at radius 2 is 0.586 bits per heavy atom. The van der Waals surface area contributed by atoms with E-state index in [2.05, 4.69) is 0 Å². The Bertz CT molecular complexity index is 1670. The number of carbonyl (C=O) groups is 8. The Hall–Kier alpha value is -4.80. The van der Waals surface area contributed by atoms with E-state index in [0.29, 0.717) is 0 Å². The largest absolute Gasteiger partial charge is 0.463 e. The average molecular weight is 1020 g/mol. The van der Waals surface area contributed by atoms with E-state index in [1.165, 1.54) is 0 Å². The maximum atomic E-state index is 12.2. The number of hydrogen-bond acceptors (Lipinski definition) is 30. The molecule has 0 saturated carbocycles. The first-order valence-corrected chi connectivity index (χ1v) is 21.2. The zero-order valence-corrected chi connectivity index (χ0v) is 38.9. The Morgan fingerprint density at radius 1 is 0.329 bits per heavy atom. The summed E-state index contributed by atoms with van der Waals surface area (Å²) in [5.74, 6) is -6.98. The highest BCUT2D eigenvalue weighted by atomic mass is 16.8. The fraction of sp³-hybridized carbons (Fsp3) is 0.800. The van der Waals surface area contributed by atoms with Gasteiger partial charge in [0, 0.05) is 55.4 Å². The van der Waals surface area contributed by atoms with Crippen LogP contribution in [0, 0.1) is 0 Å². The molecule has 0 bridgehead atoms. The predicted molar refractivity (Wildman–Crippen MR) is 214 cm³/mol. The second-order valence-corrected chi connectivity index (χ2v) is 15.8. The van der Waals surface area contributed by atoms with Gasteiger partial charge in [0.15, 0.2) is 49.2 Å². The SMILES string of the molecule is CC(=O)OC[C@H]1O[C@H](O[C@H]2O[C@H](COC(C)=O)[C@@H](OC(C)=O)[C@H](OC(C)=O)[C@H]2OC(C)=O)[C@H](OC(C)=O)[C@@H](OC(C)=O)[C@@H]1OC(C)=O.OC[C@H]1O[C@H](O[C@H]2O[C@H](CO)[C@@H](O)[C@H](O)[C@H]2O)[C@H](O)[C@@H](O)[C@@H]1O. The summed E-state index contributed by atoms with van der Waals surface area (Å²) in [6.45, 7) is 5.77. The number of carbonyl (C=O) groups excluding carboxylic acids is 8. The summed E-state index contributed by atoms with van der Waals surface area (Å²) < 4.78 is 75.4. The molecule has 0 aromatic heterocycles. The third-order valence-electron chi connectivity index (χ3n) is 10.1. The zero-order chi connectivity index (χ0) is 52.9. The monoisotopic (exact) mass is 1020 g/mol. The summed E-state index contributed by atoms with van der Waals surface area (Å²) in [6.07, 6.45) is -31.9. The molecule has 4 aliphatic rings. The molecule has 0 aliphatic carbocycles. The fourth-order valence-electron chi connectivity index (χ4n) is 7.22. The van der Waals surface area contributed by atoms with Crippen LogP contribution in [-0.2, 0) is 105 Å². The molecule has 8 N–H and O–H groups in total. The van der Waals surface area contributed by atoms with Crippen molar-refractivity contribution in [2.45, 2.75) is 178 Å². The Balaban J connectivity index is 0.000000468. The lowest BCUT2D eigenvalue weighted by molar-refractivity contribution is -0.377. The molecule has 0 unspecified atom stereocenters. The van der Waals surface area contributed by atoms with Gasteiger partial charge in [-0.1, -0.05) is 0 Å². The summed E-state index contributed by atoms with van der Waals surface area (Å²) in [5, 5.41) is 76.4. The Labute approximate surface area is 397 Å². The lowest BCUT2D eigenvalue weighted by atomic mass is 9.96. The topological polar surface area (TPSA) is 428 Å². The molecular weight excluding hydrogens is 960 g/mol. The second kappa shape index (κ2) is 27.1. The minimum absolute atomic E-state index is 0.587. The number of rotatable bonds is 16. The first kappa shape index (κ1) is 59.5. The van der Waals surface area contributed by atoms with Gasteiger partial charge in [-0.05, 0) is 0 Å². The molecule has 4 aliphatic heterocycles. The van der Waals surface area contributed by atoms with Crippen molar-refractivity contribution in [2.75, 3.05) is 26.4 Å². The van der Waals surface area contributed by atoms with E-state index in [4.69, 9.17) is 76.5 Å². The van der Waals surface area contributed by atoms with Gasteiger partial charge in [-0.2, -0.15) is 0 Å². The van der Waals surface area contributed by atoms with Crippen molar-refractivity contribution in [1.29, 1.82) is 0 Å². The predicted octanol–water partition coefficient (Wildman–Crippen LogP) is -6.23. The quantitative estimate of drug-likeness (QED) is 0.0527. The van der Waals surface area contributed by atoms with Crippen molar-refractivity contribution in [3.8, 4) is 0 Å². The molecule has 4 fully saturated rings. The smallest absolute Gasteiger partial charge is 0.303 e. The highest BCUT2D eigenvalue weighted by molar-refractivity contribution is 5.70. The maximum absolute atomic E-state index is 12.2. The van der Waals surface area contributed by atoms with Crippen molar-refractivity contribution in [2.24, 2.45) is 0 Å². The molecule has 4 saturated heterocycles. The average Bonchev–Trinajstić information content (AvgIpc) is 3.25. The van der Waals surface area contributed by atoms with Crippen LogP contribution in [0.25, 0.3) is 0 Å². The normalized spacial score (nSPS) is 37.1. The summed E-state index contributed by atoms with van der Waals surface area (Å²) in [7, 11) is 0. The van der Waals surface area contributed by atoms with Crippen LogP contribution in [0.5, 0.6) is 0 Å². The number of aliphatic hydroxyl groups is 8. The highest BCUT2D eigenvalue weighted by Crippen LogP contribution is 2.36. The van der Waals surface area contributed by atoms with Crippen LogP contribution >= 0.6 is 0 Å². The fourth-order valence-corrected chi connectivity index (χ4v) is 7.22. The van der Waals surface area contributed by atoms with Gasteiger partial charge in [0.05, 0.1) is 13.2 Å². The van der Waals surface area contributed by atoms with Crippen molar-refractivity contribution >= 4 is 47.8 Å². The lowest BCUT2D eigenvalue weighted by Crippen LogP contribution is -2.66. The molecule has 0 spiro atoms. The van der Waals surface area contributed by atoms with E-state index in [0.717, 1.165) is 55.4 Å². The minimum atomic E-state index is -1.84. The van der Waals surface area contributed by atoms with Gasteiger partial charge in [-0.25, -0.2) is 0 Å².